The maximum absolute atomic E-state index is 11.1. The number of hydrogen-bond donors (Lipinski definition) is 1. The molecule has 1 fully saturated rings. The Morgan fingerprint density at radius 3 is 2.84 bits per heavy atom. The summed E-state index contributed by atoms with van der Waals surface area (Å²) in [7, 11) is 0. The monoisotopic (exact) mass is 281 g/mol. The van der Waals surface area contributed by atoms with Gasteiger partial charge in [-0.2, -0.15) is 0 Å². The molecule has 4 heteroatoms. The molecule has 1 aromatic carbocycles. The molecule has 0 spiro atoms. The molecule has 0 aliphatic carbocycles. The highest BCUT2D eigenvalue weighted by atomic mass is 35.5. The molecule has 1 aromatic rings. The first-order chi connectivity index (χ1) is 8.97. The van der Waals surface area contributed by atoms with Crippen LogP contribution in [0, 0.1) is 12.8 Å². The van der Waals surface area contributed by atoms with Crippen molar-refractivity contribution in [2.24, 2.45) is 5.92 Å². The molecule has 1 N–H and O–H groups in total. The molecule has 0 aromatic heterocycles. The van der Waals surface area contributed by atoms with Crippen molar-refractivity contribution in [3.63, 3.8) is 0 Å². The van der Waals surface area contributed by atoms with Crippen molar-refractivity contribution in [3.05, 3.63) is 34.3 Å². The second-order valence-electron chi connectivity index (χ2n) is 5.47. The Kier molecular flexibility index (Phi) is 4.48. The fourth-order valence-electron chi connectivity index (χ4n) is 2.57. The van der Waals surface area contributed by atoms with Crippen molar-refractivity contribution in [1.29, 1.82) is 0 Å². The van der Waals surface area contributed by atoms with Gasteiger partial charge in [0.15, 0.2) is 0 Å². The van der Waals surface area contributed by atoms with E-state index in [1.807, 2.05) is 19.1 Å². The smallest absolute Gasteiger partial charge is 0.307 e. The van der Waals surface area contributed by atoms with E-state index in [4.69, 9.17) is 16.7 Å². The number of aliphatic carboxylic acids is 1. The highest BCUT2D eigenvalue weighted by Crippen LogP contribution is 2.25. The molecule has 2 rings (SSSR count). The van der Waals surface area contributed by atoms with Gasteiger partial charge in [-0.3, -0.25) is 9.69 Å². The molecule has 0 amide bonds. The Morgan fingerprint density at radius 1 is 1.47 bits per heavy atom. The first-order valence-electron chi connectivity index (χ1n) is 6.69. The van der Waals surface area contributed by atoms with Gasteiger partial charge in [-0.25, -0.2) is 0 Å². The van der Waals surface area contributed by atoms with Crippen LogP contribution in [0.4, 0.5) is 0 Å². The van der Waals surface area contributed by atoms with Gasteiger partial charge >= 0.3 is 5.97 Å². The normalized spacial score (nSPS) is 24.4. The molecular formula is C15H20ClNO2. The Labute approximate surface area is 119 Å². The molecule has 0 saturated carbocycles. The van der Waals surface area contributed by atoms with E-state index in [0.29, 0.717) is 12.6 Å². The SMILES string of the molecule is Cc1ccc(CN2CC(C(=O)O)CCC2C)cc1Cl. The van der Waals surface area contributed by atoms with Crippen LogP contribution in [0.3, 0.4) is 0 Å². The molecule has 104 valence electrons. The number of carboxylic acids is 1. The summed E-state index contributed by atoms with van der Waals surface area (Å²) in [4.78, 5) is 13.3. The van der Waals surface area contributed by atoms with Gasteiger partial charge in [-0.15, -0.1) is 0 Å². The number of likely N-dealkylation sites (tertiary alicyclic amines) is 1. The number of carboxylic acid groups (broad SMARTS) is 1. The van der Waals surface area contributed by atoms with Gasteiger partial charge in [0, 0.05) is 24.2 Å². The number of aryl methyl sites for hydroxylation is 1. The summed E-state index contributed by atoms with van der Waals surface area (Å²) < 4.78 is 0. The molecule has 3 nitrogen and oxygen atoms in total. The van der Waals surface area contributed by atoms with Gasteiger partial charge in [0.25, 0.3) is 0 Å². The Bertz CT molecular complexity index is 475. The molecule has 0 bridgehead atoms. The standard InChI is InChI=1S/C15H20ClNO2/c1-10-3-5-12(7-14(10)16)8-17-9-13(15(18)19)6-4-11(17)2/h3,5,7,11,13H,4,6,8-9H2,1-2H3,(H,18,19). The van der Waals surface area contributed by atoms with E-state index in [1.165, 1.54) is 0 Å². The van der Waals surface area contributed by atoms with E-state index in [9.17, 15) is 4.79 Å². The van der Waals surface area contributed by atoms with Gasteiger partial charge in [0.05, 0.1) is 5.92 Å². The Morgan fingerprint density at radius 2 is 2.21 bits per heavy atom. The van der Waals surface area contributed by atoms with Crippen LogP contribution in [0.2, 0.25) is 5.02 Å². The lowest BCUT2D eigenvalue weighted by atomic mass is 9.93. The van der Waals surface area contributed by atoms with Crippen LogP contribution in [0.15, 0.2) is 18.2 Å². The molecule has 2 atom stereocenters. The zero-order valence-corrected chi connectivity index (χ0v) is 12.2. The third kappa shape index (κ3) is 3.48. The van der Waals surface area contributed by atoms with Gasteiger partial charge in [-0.05, 0) is 43.9 Å². The zero-order valence-electron chi connectivity index (χ0n) is 11.4. The molecule has 1 aliphatic rings. The second-order valence-corrected chi connectivity index (χ2v) is 5.88. The Balaban J connectivity index is 2.07. The third-order valence-electron chi connectivity index (χ3n) is 3.98. The lowest BCUT2D eigenvalue weighted by Gasteiger charge is -2.36. The molecule has 19 heavy (non-hydrogen) atoms. The summed E-state index contributed by atoms with van der Waals surface area (Å²) in [6, 6.07) is 6.49. The van der Waals surface area contributed by atoms with Gasteiger partial charge < -0.3 is 5.11 Å². The number of halogens is 1. The number of rotatable bonds is 3. The van der Waals surface area contributed by atoms with Crippen LogP contribution in [0.25, 0.3) is 0 Å². The minimum Gasteiger partial charge on any atom is -0.481 e. The van der Waals surface area contributed by atoms with Crippen LogP contribution in [0.5, 0.6) is 0 Å². The summed E-state index contributed by atoms with van der Waals surface area (Å²) in [6.45, 7) is 5.54. The third-order valence-corrected chi connectivity index (χ3v) is 4.39. The van der Waals surface area contributed by atoms with Crippen molar-refractivity contribution in [1.82, 2.24) is 4.90 Å². The number of hydrogen-bond acceptors (Lipinski definition) is 2. The molecule has 1 saturated heterocycles. The molecule has 1 aliphatic heterocycles. The minimum atomic E-state index is -0.682. The lowest BCUT2D eigenvalue weighted by Crippen LogP contribution is -2.43. The topological polar surface area (TPSA) is 40.5 Å². The predicted octanol–water partition coefficient (Wildman–Crippen LogP) is 3.33. The van der Waals surface area contributed by atoms with Crippen molar-refractivity contribution >= 4 is 17.6 Å². The fraction of sp³-hybridized carbons (Fsp3) is 0.533. The average Bonchev–Trinajstić information content (AvgIpc) is 2.36. The van der Waals surface area contributed by atoms with E-state index in [-0.39, 0.29) is 5.92 Å². The summed E-state index contributed by atoms with van der Waals surface area (Å²) in [5, 5.41) is 9.92. The largest absolute Gasteiger partial charge is 0.481 e. The summed E-state index contributed by atoms with van der Waals surface area (Å²) in [6.07, 6.45) is 1.72. The lowest BCUT2D eigenvalue weighted by molar-refractivity contribution is -0.144. The number of benzene rings is 1. The average molecular weight is 282 g/mol. The van der Waals surface area contributed by atoms with E-state index in [2.05, 4.69) is 17.9 Å². The van der Waals surface area contributed by atoms with Gasteiger partial charge in [0.2, 0.25) is 0 Å². The predicted molar refractivity (Wildman–Crippen MR) is 76.4 cm³/mol. The van der Waals surface area contributed by atoms with E-state index < -0.39 is 5.97 Å². The van der Waals surface area contributed by atoms with Crippen LogP contribution in [0.1, 0.15) is 30.9 Å². The van der Waals surface area contributed by atoms with Crippen molar-refractivity contribution in [2.75, 3.05) is 6.54 Å². The number of carbonyl (C=O) groups is 1. The highest BCUT2D eigenvalue weighted by Gasteiger charge is 2.29. The maximum atomic E-state index is 11.1. The fourth-order valence-corrected chi connectivity index (χ4v) is 2.77. The first-order valence-corrected chi connectivity index (χ1v) is 7.07. The molecule has 1 heterocycles. The van der Waals surface area contributed by atoms with Gasteiger partial charge in [0.1, 0.15) is 0 Å². The molecular weight excluding hydrogens is 262 g/mol. The number of piperidine rings is 1. The van der Waals surface area contributed by atoms with Crippen molar-refractivity contribution < 1.29 is 9.90 Å². The summed E-state index contributed by atoms with van der Waals surface area (Å²) in [5.74, 6) is -0.920. The van der Waals surface area contributed by atoms with Crippen LogP contribution in [-0.4, -0.2) is 28.6 Å². The summed E-state index contributed by atoms with van der Waals surface area (Å²) >= 11 is 6.13. The molecule has 0 radical (unpaired) electrons. The maximum Gasteiger partial charge on any atom is 0.307 e. The van der Waals surface area contributed by atoms with Crippen molar-refractivity contribution in [3.8, 4) is 0 Å². The Hall–Kier alpha value is -1.06. The van der Waals surface area contributed by atoms with E-state index in [0.717, 1.165) is 35.5 Å². The van der Waals surface area contributed by atoms with Crippen LogP contribution >= 0.6 is 11.6 Å². The second kappa shape index (κ2) is 5.93. The van der Waals surface area contributed by atoms with Crippen LogP contribution in [-0.2, 0) is 11.3 Å². The highest BCUT2D eigenvalue weighted by molar-refractivity contribution is 6.31. The zero-order chi connectivity index (χ0) is 14.0. The summed E-state index contributed by atoms with van der Waals surface area (Å²) in [5.41, 5.74) is 2.22. The minimum absolute atomic E-state index is 0.239. The van der Waals surface area contributed by atoms with E-state index >= 15 is 0 Å². The quantitative estimate of drug-likeness (QED) is 0.924. The van der Waals surface area contributed by atoms with Gasteiger partial charge in [-0.1, -0.05) is 23.7 Å². The van der Waals surface area contributed by atoms with Crippen molar-refractivity contribution in [2.45, 2.75) is 39.3 Å². The number of nitrogens with zero attached hydrogens (tertiary/aromatic N) is 1. The van der Waals surface area contributed by atoms with Crippen LogP contribution < -0.4 is 0 Å². The molecule has 2 unspecified atom stereocenters. The van der Waals surface area contributed by atoms with E-state index in [1.54, 1.807) is 0 Å². The first kappa shape index (κ1) is 14.4.